The minimum Gasteiger partial charge on any atom is -0.444 e. The lowest BCUT2D eigenvalue weighted by atomic mass is 10.0. The Labute approximate surface area is 210 Å². The maximum Gasteiger partial charge on any atom is 0.452 e. The molecule has 2 aromatic heterocycles. The van der Waals surface area contributed by atoms with Crippen molar-refractivity contribution in [3.05, 3.63) is 83.7 Å². The van der Waals surface area contributed by atoms with Gasteiger partial charge in [-0.25, -0.2) is 9.37 Å². The zero-order valence-corrected chi connectivity index (χ0v) is 20.1. The molecule has 1 atom stereocenters. The van der Waals surface area contributed by atoms with Gasteiger partial charge in [-0.2, -0.15) is 13.2 Å². The van der Waals surface area contributed by atoms with Gasteiger partial charge in [-0.1, -0.05) is 17.3 Å². The predicted molar refractivity (Wildman–Crippen MR) is 127 cm³/mol. The van der Waals surface area contributed by atoms with Crippen molar-refractivity contribution in [2.75, 3.05) is 27.2 Å². The van der Waals surface area contributed by atoms with E-state index in [-0.39, 0.29) is 29.5 Å². The monoisotopic (exact) mass is 516 g/mol. The molecule has 0 aliphatic carbocycles. The first-order chi connectivity index (χ1) is 17.6. The average Bonchev–Trinajstić information content (AvgIpc) is 3.55. The fourth-order valence-electron chi connectivity index (χ4n) is 3.65. The highest BCUT2D eigenvalue weighted by Crippen LogP contribution is 2.32. The standard InChI is InChI=1S/C26H24F4N4O3/c1-34(2)11-10-19(22-15-36-25(32-22)16-6-8-20(27)9-7-16)14-31-24(35)18-5-3-4-17(12-18)21-13-23(37-33-21)26(28,29)30/h3-9,12-13,15,19H,10-11,14H2,1-2H3,(H,31,35). The highest BCUT2D eigenvalue weighted by molar-refractivity contribution is 5.95. The van der Waals surface area contributed by atoms with Crippen LogP contribution in [0.5, 0.6) is 0 Å². The quantitative estimate of drug-likeness (QED) is 0.291. The SMILES string of the molecule is CN(C)CCC(CNC(=O)c1cccc(-c2cc(C(F)(F)F)on2)c1)c1coc(-c2ccc(F)cc2)n1. The van der Waals surface area contributed by atoms with E-state index in [1.165, 1.54) is 24.5 Å². The third-order valence-electron chi connectivity index (χ3n) is 5.68. The Bertz CT molecular complexity index is 1350. The summed E-state index contributed by atoms with van der Waals surface area (Å²) in [4.78, 5) is 19.5. The van der Waals surface area contributed by atoms with Crippen LogP contribution in [0.3, 0.4) is 0 Å². The minimum atomic E-state index is -4.65. The summed E-state index contributed by atoms with van der Waals surface area (Å²) in [5, 5.41) is 6.34. The fourth-order valence-corrected chi connectivity index (χ4v) is 3.65. The number of nitrogens with one attached hydrogen (secondary N) is 1. The first-order valence-electron chi connectivity index (χ1n) is 11.4. The van der Waals surface area contributed by atoms with Gasteiger partial charge in [0, 0.05) is 35.2 Å². The molecule has 4 rings (SSSR count). The van der Waals surface area contributed by atoms with Crippen molar-refractivity contribution in [2.45, 2.75) is 18.5 Å². The predicted octanol–water partition coefficient (Wildman–Crippen LogP) is 5.62. The lowest BCUT2D eigenvalue weighted by Crippen LogP contribution is -2.30. The van der Waals surface area contributed by atoms with Crippen LogP contribution in [0.1, 0.15) is 34.2 Å². The lowest BCUT2D eigenvalue weighted by molar-refractivity contribution is -0.155. The van der Waals surface area contributed by atoms with Crippen LogP contribution >= 0.6 is 0 Å². The molecule has 7 nitrogen and oxygen atoms in total. The van der Waals surface area contributed by atoms with Gasteiger partial charge in [0.2, 0.25) is 11.7 Å². The second-order valence-electron chi connectivity index (χ2n) is 8.74. The number of hydrogen-bond donors (Lipinski definition) is 1. The number of benzene rings is 2. The van der Waals surface area contributed by atoms with E-state index >= 15 is 0 Å². The van der Waals surface area contributed by atoms with Gasteiger partial charge >= 0.3 is 6.18 Å². The largest absolute Gasteiger partial charge is 0.452 e. The topological polar surface area (TPSA) is 84.4 Å². The zero-order chi connectivity index (χ0) is 26.6. The van der Waals surface area contributed by atoms with E-state index in [9.17, 15) is 22.4 Å². The van der Waals surface area contributed by atoms with E-state index in [4.69, 9.17) is 4.42 Å². The first-order valence-corrected chi connectivity index (χ1v) is 11.4. The van der Waals surface area contributed by atoms with Crippen LogP contribution in [0.4, 0.5) is 17.6 Å². The molecule has 4 aromatic rings. The third kappa shape index (κ3) is 6.62. The molecule has 0 saturated carbocycles. The molecular formula is C26H24F4N4O3. The van der Waals surface area contributed by atoms with E-state index in [2.05, 4.69) is 20.0 Å². The van der Waals surface area contributed by atoms with Crippen LogP contribution in [-0.4, -0.2) is 48.1 Å². The molecule has 0 bridgehead atoms. The van der Waals surface area contributed by atoms with E-state index in [1.807, 2.05) is 19.0 Å². The minimum absolute atomic E-state index is 0.0262. The number of hydrogen-bond acceptors (Lipinski definition) is 6. The summed E-state index contributed by atoms with van der Waals surface area (Å²) in [5.41, 5.74) is 1.81. The van der Waals surface area contributed by atoms with Crippen LogP contribution in [0.2, 0.25) is 0 Å². The fraction of sp³-hybridized carbons (Fsp3) is 0.269. The molecular weight excluding hydrogens is 492 g/mol. The molecule has 2 heterocycles. The molecule has 1 unspecified atom stereocenters. The summed E-state index contributed by atoms with van der Waals surface area (Å²) in [7, 11) is 3.87. The highest BCUT2D eigenvalue weighted by atomic mass is 19.4. The number of halogens is 4. The summed E-state index contributed by atoms with van der Waals surface area (Å²) in [5.74, 6) is -1.82. The average molecular weight is 516 g/mol. The van der Waals surface area contributed by atoms with Crippen molar-refractivity contribution in [1.82, 2.24) is 20.4 Å². The van der Waals surface area contributed by atoms with E-state index < -0.39 is 17.8 Å². The molecule has 0 aliphatic rings. The molecule has 194 valence electrons. The van der Waals surface area contributed by atoms with Gasteiger partial charge in [-0.3, -0.25) is 4.79 Å². The van der Waals surface area contributed by atoms with Crippen LogP contribution in [0.25, 0.3) is 22.7 Å². The van der Waals surface area contributed by atoms with Gasteiger partial charge in [0.25, 0.3) is 5.91 Å². The van der Waals surface area contributed by atoms with Crippen molar-refractivity contribution < 1.29 is 31.3 Å². The smallest absolute Gasteiger partial charge is 0.444 e. The van der Waals surface area contributed by atoms with Gasteiger partial charge in [-0.05, 0) is 63.5 Å². The molecule has 11 heteroatoms. The van der Waals surface area contributed by atoms with Gasteiger partial charge in [-0.15, -0.1) is 0 Å². The number of oxazole rings is 1. The van der Waals surface area contributed by atoms with Gasteiger partial charge in [0.15, 0.2) is 0 Å². The van der Waals surface area contributed by atoms with Gasteiger partial charge < -0.3 is 19.2 Å². The summed E-state index contributed by atoms with van der Waals surface area (Å²) < 4.78 is 61.8. The first kappa shape index (κ1) is 26.1. The molecule has 0 spiro atoms. The second-order valence-corrected chi connectivity index (χ2v) is 8.74. The summed E-state index contributed by atoms with van der Waals surface area (Å²) in [6.45, 7) is 0.969. The highest BCUT2D eigenvalue weighted by Gasteiger charge is 2.36. The van der Waals surface area contributed by atoms with E-state index in [1.54, 1.807) is 30.3 Å². The summed E-state index contributed by atoms with van der Waals surface area (Å²) in [6, 6.07) is 12.7. The summed E-state index contributed by atoms with van der Waals surface area (Å²) in [6.07, 6.45) is -2.46. The van der Waals surface area contributed by atoms with Crippen molar-refractivity contribution >= 4 is 5.91 Å². The molecule has 1 amide bonds. The number of amides is 1. The summed E-state index contributed by atoms with van der Waals surface area (Å²) >= 11 is 0. The molecule has 37 heavy (non-hydrogen) atoms. The van der Waals surface area contributed by atoms with Gasteiger partial charge in [0.05, 0.1) is 5.69 Å². The molecule has 2 aromatic carbocycles. The van der Waals surface area contributed by atoms with Gasteiger partial charge in [0.1, 0.15) is 17.8 Å². The normalized spacial score (nSPS) is 12.6. The molecule has 0 aliphatic heterocycles. The van der Waals surface area contributed by atoms with Crippen LogP contribution in [0, 0.1) is 5.82 Å². The Morgan fingerprint density at radius 1 is 1.08 bits per heavy atom. The Kier molecular flexibility index (Phi) is 7.72. The Morgan fingerprint density at radius 2 is 1.84 bits per heavy atom. The van der Waals surface area contributed by atoms with Crippen molar-refractivity contribution in [1.29, 1.82) is 0 Å². The Hall–Kier alpha value is -3.99. The van der Waals surface area contributed by atoms with Crippen molar-refractivity contribution in [3.8, 4) is 22.7 Å². The number of carbonyl (C=O) groups excluding carboxylic acids is 1. The Balaban J connectivity index is 1.47. The van der Waals surface area contributed by atoms with Crippen molar-refractivity contribution in [2.24, 2.45) is 0 Å². The maximum absolute atomic E-state index is 13.2. The van der Waals surface area contributed by atoms with Crippen molar-refractivity contribution in [3.63, 3.8) is 0 Å². The Morgan fingerprint density at radius 3 is 2.51 bits per heavy atom. The lowest BCUT2D eigenvalue weighted by Gasteiger charge is -2.18. The van der Waals surface area contributed by atoms with Crippen LogP contribution in [-0.2, 0) is 6.18 Å². The van der Waals surface area contributed by atoms with E-state index in [0.29, 0.717) is 29.1 Å². The molecule has 0 saturated heterocycles. The number of aromatic nitrogens is 2. The molecule has 0 radical (unpaired) electrons. The third-order valence-corrected chi connectivity index (χ3v) is 5.68. The number of alkyl halides is 3. The molecule has 1 N–H and O–H groups in total. The van der Waals surface area contributed by atoms with Crippen LogP contribution in [0.15, 0.2) is 69.8 Å². The van der Waals surface area contributed by atoms with Crippen LogP contribution < -0.4 is 5.32 Å². The number of rotatable bonds is 9. The number of carbonyl (C=O) groups is 1. The molecule has 0 fully saturated rings. The zero-order valence-electron chi connectivity index (χ0n) is 20.1. The maximum atomic E-state index is 13.2. The number of nitrogens with zero attached hydrogens (tertiary/aromatic N) is 3. The second kappa shape index (κ2) is 11.0. The van der Waals surface area contributed by atoms with E-state index in [0.717, 1.165) is 12.6 Å².